The first-order valence-electron chi connectivity index (χ1n) is 5.27. The van der Waals surface area contributed by atoms with Crippen molar-refractivity contribution in [3.63, 3.8) is 0 Å². The molecule has 0 saturated carbocycles. The van der Waals surface area contributed by atoms with Crippen molar-refractivity contribution in [1.82, 2.24) is 0 Å². The van der Waals surface area contributed by atoms with Gasteiger partial charge in [0.05, 0.1) is 11.3 Å². The Morgan fingerprint density at radius 3 is 1.76 bits per heavy atom. The fraction of sp³-hybridized carbons (Fsp3) is 0.818. The minimum absolute atomic E-state index is 0.214. The number of alkyl halides is 2. The predicted molar refractivity (Wildman–Crippen MR) is 75.0 cm³/mol. The van der Waals surface area contributed by atoms with Gasteiger partial charge in [0.2, 0.25) is 0 Å². The van der Waals surface area contributed by atoms with Crippen LogP contribution in [0.3, 0.4) is 0 Å². The molecular weight excluding hydrogens is 356 g/mol. The molecule has 0 amide bonds. The predicted octanol–water partition coefficient (Wildman–Crippen LogP) is 3.37. The van der Waals surface area contributed by atoms with Gasteiger partial charge in [0.15, 0.2) is 0 Å². The number of aliphatic carboxylic acids is 2. The largest absolute Gasteiger partial charge is 0.481 e. The Kier molecular flexibility index (Phi) is 11.2. The summed E-state index contributed by atoms with van der Waals surface area (Å²) in [6, 6.07) is 0. The first-order valence-corrected chi connectivity index (χ1v) is 7.51. The maximum Gasteiger partial charge on any atom is 0.309 e. The monoisotopic (exact) mass is 374 g/mol. The molecule has 0 rings (SSSR count). The zero-order valence-corrected chi connectivity index (χ0v) is 13.5. The Bertz CT molecular complexity index is 242. The molecule has 0 aromatic rings. The Morgan fingerprint density at radius 1 is 1.18 bits per heavy atom. The van der Waals surface area contributed by atoms with Gasteiger partial charge in [-0.2, -0.15) is 0 Å². The van der Waals surface area contributed by atoms with Gasteiger partial charge >= 0.3 is 11.9 Å². The molecule has 1 unspecified atom stereocenters. The van der Waals surface area contributed by atoms with Gasteiger partial charge in [-0.05, 0) is 26.7 Å². The maximum atomic E-state index is 10.4. The molecule has 0 aliphatic carbocycles. The first-order chi connectivity index (χ1) is 7.68. The van der Waals surface area contributed by atoms with Gasteiger partial charge in [-0.3, -0.25) is 9.59 Å². The van der Waals surface area contributed by atoms with Crippen molar-refractivity contribution in [2.45, 2.75) is 33.6 Å². The van der Waals surface area contributed by atoms with E-state index in [1.54, 1.807) is 20.8 Å². The van der Waals surface area contributed by atoms with Crippen LogP contribution in [0.15, 0.2) is 0 Å². The van der Waals surface area contributed by atoms with Crippen molar-refractivity contribution in [1.29, 1.82) is 0 Å². The number of hydrogen-bond donors (Lipinski definition) is 2. The molecular formula is C11H20Br2O4. The highest BCUT2D eigenvalue weighted by Crippen LogP contribution is 2.20. The molecule has 0 spiro atoms. The molecule has 0 aromatic carbocycles. The van der Waals surface area contributed by atoms with Crippen LogP contribution in [0.1, 0.15) is 33.6 Å². The van der Waals surface area contributed by atoms with Crippen molar-refractivity contribution in [2.24, 2.45) is 11.3 Å². The summed E-state index contributed by atoms with van der Waals surface area (Å²) in [5, 5.41) is 18.4. The van der Waals surface area contributed by atoms with E-state index in [1.807, 2.05) is 0 Å². The number of carbonyl (C=O) groups is 2. The van der Waals surface area contributed by atoms with E-state index in [0.717, 1.165) is 10.7 Å². The lowest BCUT2D eigenvalue weighted by molar-refractivity contribution is -0.147. The maximum absolute atomic E-state index is 10.4. The van der Waals surface area contributed by atoms with Gasteiger partial charge in [-0.25, -0.2) is 0 Å². The van der Waals surface area contributed by atoms with Gasteiger partial charge in [0.25, 0.3) is 0 Å². The van der Waals surface area contributed by atoms with Crippen LogP contribution >= 0.6 is 31.9 Å². The highest BCUT2D eigenvalue weighted by molar-refractivity contribution is 9.09. The zero-order valence-electron chi connectivity index (χ0n) is 10.4. The van der Waals surface area contributed by atoms with Crippen LogP contribution in [0, 0.1) is 11.3 Å². The molecule has 17 heavy (non-hydrogen) atoms. The molecule has 0 aromatic heterocycles. The van der Waals surface area contributed by atoms with E-state index in [0.29, 0.717) is 12.8 Å². The second-order valence-corrected chi connectivity index (χ2v) is 5.93. The Hall–Kier alpha value is -0.100. The van der Waals surface area contributed by atoms with Gasteiger partial charge in [-0.1, -0.05) is 38.8 Å². The third kappa shape index (κ3) is 10.8. The number of carboxylic acid groups (broad SMARTS) is 2. The zero-order chi connectivity index (χ0) is 14.1. The van der Waals surface area contributed by atoms with Gasteiger partial charge < -0.3 is 10.2 Å². The summed E-state index contributed by atoms with van der Waals surface area (Å²) in [6.45, 7) is 5.14. The molecule has 2 N–H and O–H groups in total. The Morgan fingerprint density at radius 2 is 1.65 bits per heavy atom. The van der Waals surface area contributed by atoms with Crippen molar-refractivity contribution in [3.05, 3.63) is 0 Å². The normalized spacial score (nSPS) is 12.3. The smallest absolute Gasteiger partial charge is 0.309 e. The number of hydrogen-bond acceptors (Lipinski definition) is 2. The van der Waals surface area contributed by atoms with Crippen LogP contribution in [0.4, 0.5) is 0 Å². The Labute approximate surface area is 119 Å². The number of rotatable bonds is 6. The fourth-order valence-electron chi connectivity index (χ4n) is 0.630. The summed E-state index contributed by atoms with van der Waals surface area (Å²) < 4.78 is 0. The third-order valence-corrected chi connectivity index (χ3v) is 3.12. The van der Waals surface area contributed by atoms with E-state index < -0.39 is 17.4 Å². The van der Waals surface area contributed by atoms with E-state index in [4.69, 9.17) is 10.2 Å². The van der Waals surface area contributed by atoms with E-state index in [2.05, 4.69) is 31.9 Å². The van der Waals surface area contributed by atoms with Gasteiger partial charge in [-0.15, -0.1) is 0 Å². The highest BCUT2D eigenvalue weighted by atomic mass is 79.9. The molecule has 0 aliphatic rings. The van der Waals surface area contributed by atoms with Crippen molar-refractivity contribution < 1.29 is 19.8 Å². The van der Waals surface area contributed by atoms with Gasteiger partial charge in [0.1, 0.15) is 0 Å². The van der Waals surface area contributed by atoms with E-state index in [1.165, 1.54) is 0 Å². The fourth-order valence-corrected chi connectivity index (χ4v) is 2.31. The quantitative estimate of drug-likeness (QED) is 0.698. The summed E-state index contributed by atoms with van der Waals surface area (Å²) in [5.41, 5.74) is -0.580. The second kappa shape index (κ2) is 9.88. The summed E-state index contributed by atoms with van der Waals surface area (Å²) in [7, 11) is 0. The van der Waals surface area contributed by atoms with Crippen molar-refractivity contribution in [3.8, 4) is 0 Å². The summed E-state index contributed by atoms with van der Waals surface area (Å²) >= 11 is 6.35. The molecule has 4 nitrogen and oxygen atoms in total. The molecule has 0 aliphatic heterocycles. The lowest BCUT2D eigenvalue weighted by Crippen LogP contribution is -2.23. The molecule has 0 heterocycles. The van der Waals surface area contributed by atoms with Crippen molar-refractivity contribution in [2.75, 3.05) is 10.7 Å². The van der Waals surface area contributed by atoms with Crippen LogP contribution in [-0.2, 0) is 9.59 Å². The van der Waals surface area contributed by atoms with Crippen LogP contribution < -0.4 is 0 Å². The molecule has 0 saturated heterocycles. The molecule has 0 radical (unpaired) electrons. The second-order valence-electron chi connectivity index (χ2n) is 4.34. The Balaban J connectivity index is 0. The van der Waals surface area contributed by atoms with E-state index in [-0.39, 0.29) is 5.92 Å². The average molecular weight is 376 g/mol. The lowest BCUT2D eigenvalue weighted by atomic mass is 9.91. The van der Waals surface area contributed by atoms with E-state index >= 15 is 0 Å². The van der Waals surface area contributed by atoms with Crippen LogP contribution in [0.25, 0.3) is 0 Å². The topological polar surface area (TPSA) is 74.6 Å². The number of halogens is 2. The molecule has 0 fully saturated rings. The molecule has 0 bridgehead atoms. The van der Waals surface area contributed by atoms with Crippen molar-refractivity contribution >= 4 is 43.8 Å². The average Bonchev–Trinajstić information content (AvgIpc) is 2.18. The van der Waals surface area contributed by atoms with Gasteiger partial charge in [0, 0.05) is 10.7 Å². The molecule has 1 atom stereocenters. The first kappa shape index (κ1) is 19.2. The van der Waals surface area contributed by atoms with E-state index in [9.17, 15) is 9.59 Å². The minimum Gasteiger partial charge on any atom is -0.481 e. The third-order valence-electron chi connectivity index (χ3n) is 2.26. The highest BCUT2D eigenvalue weighted by Gasteiger charge is 2.25. The van der Waals surface area contributed by atoms with Crippen LogP contribution in [0.2, 0.25) is 0 Å². The molecule has 6 heteroatoms. The molecule has 102 valence electrons. The van der Waals surface area contributed by atoms with Crippen LogP contribution in [-0.4, -0.2) is 32.8 Å². The number of carboxylic acids is 2. The summed E-state index contributed by atoms with van der Waals surface area (Å²) in [4.78, 5) is 20.5. The van der Waals surface area contributed by atoms with Crippen LogP contribution in [0.5, 0.6) is 0 Å². The standard InChI is InChI=1S/C6H11BrO2.C5H9BrO2/c1-6(2,3-4-7)5(8)9;1-4(2-3-6)5(7)8/h3-4H2,1-2H3,(H,8,9);4H,2-3H2,1H3,(H,7,8). The summed E-state index contributed by atoms with van der Waals surface area (Å²) in [6.07, 6.45) is 1.37. The minimum atomic E-state index is -0.734. The lowest BCUT2D eigenvalue weighted by Gasteiger charge is -2.16. The SMILES string of the molecule is CC(C)(CCBr)C(=O)O.CC(CCBr)C(=O)O. The summed E-state index contributed by atoms with van der Waals surface area (Å²) in [5.74, 6) is -1.67.